The summed E-state index contributed by atoms with van der Waals surface area (Å²) in [6.07, 6.45) is 3.47. The lowest BCUT2D eigenvalue weighted by Crippen LogP contribution is -2.66. The number of hydrogen-bond acceptors (Lipinski definition) is 8. The molecule has 10 heteroatoms. The topological polar surface area (TPSA) is 132 Å². The fraction of sp³-hybridized carbons (Fsp3) is 0.224. The monoisotopic (exact) mass is 919 g/mol. The molecule has 4 N–H and O–H groups in total. The number of carbonyl (C=O) groups is 2. The molecule has 9 rings (SSSR count). The van der Waals surface area contributed by atoms with Crippen molar-refractivity contribution in [3.8, 4) is 5.75 Å². The highest BCUT2D eigenvalue weighted by Gasteiger charge is 2.56. The molecule has 4 atom stereocenters. The Kier molecular flexibility index (Phi) is 13.4. The Hall–Kier alpha value is -6.95. The van der Waals surface area contributed by atoms with Crippen LogP contribution in [0.25, 0.3) is 22.4 Å². The number of carbonyl (C=O) groups excluding carboxylic acids is 2. The number of amides is 2. The van der Waals surface area contributed by atoms with Crippen molar-refractivity contribution >= 4 is 70.0 Å². The zero-order chi connectivity index (χ0) is 47.4. The van der Waals surface area contributed by atoms with Gasteiger partial charge in [-0.25, -0.2) is 0 Å². The molecule has 0 saturated carbocycles. The number of phenols is 1. The Bertz CT molecular complexity index is 2920. The molecule has 1 fully saturated rings. The van der Waals surface area contributed by atoms with Crippen molar-refractivity contribution in [2.45, 2.75) is 51.2 Å². The van der Waals surface area contributed by atoms with E-state index in [4.69, 9.17) is 9.41 Å². The number of para-hydroxylation sites is 1. The molecule has 9 nitrogen and oxygen atoms in total. The largest absolute Gasteiger partial charge is 0.507 e. The van der Waals surface area contributed by atoms with Crippen molar-refractivity contribution in [2.75, 3.05) is 23.4 Å². The second kappa shape index (κ2) is 19.7. The molecule has 344 valence electrons. The van der Waals surface area contributed by atoms with Gasteiger partial charge >= 0.3 is 0 Å². The van der Waals surface area contributed by atoms with Crippen molar-refractivity contribution in [3.63, 3.8) is 0 Å². The minimum absolute atomic E-state index is 0.0865. The minimum Gasteiger partial charge on any atom is -0.507 e. The summed E-state index contributed by atoms with van der Waals surface area (Å²) in [5.74, 6) is -3.07. The number of benzene rings is 6. The molecule has 7 aromatic rings. The number of rotatable bonds is 15. The number of aliphatic hydroxyl groups excluding tert-OH is 2. The summed E-state index contributed by atoms with van der Waals surface area (Å²) in [6, 6.07) is 54.6. The summed E-state index contributed by atoms with van der Waals surface area (Å²) in [5, 5.41) is 41.7. The number of pyridine rings is 1. The zero-order valence-electron chi connectivity index (χ0n) is 38.6. The Morgan fingerprint density at radius 2 is 1.37 bits per heavy atom. The molecule has 1 aliphatic carbocycles. The molecular weight excluding hydrogens is 863 g/mol. The summed E-state index contributed by atoms with van der Waals surface area (Å²) in [5.41, 5.74) is 5.93. The summed E-state index contributed by atoms with van der Waals surface area (Å²) < 4.78 is 7.52. The fourth-order valence-electron chi connectivity index (χ4n) is 10.6. The van der Waals surface area contributed by atoms with Crippen molar-refractivity contribution in [1.29, 1.82) is 0 Å². The average molecular weight is 920 g/mol. The van der Waals surface area contributed by atoms with Crippen molar-refractivity contribution in [1.82, 2.24) is 4.98 Å². The van der Waals surface area contributed by atoms with Crippen LogP contribution in [-0.2, 0) is 14.0 Å². The van der Waals surface area contributed by atoms with Gasteiger partial charge in [-0.15, -0.1) is 0 Å². The van der Waals surface area contributed by atoms with E-state index in [2.05, 4.69) is 56.4 Å². The van der Waals surface area contributed by atoms with E-state index in [1.807, 2.05) is 127 Å². The Morgan fingerprint density at radius 1 is 0.765 bits per heavy atom. The molecular formula is C58H57N3O6Si. The number of allylic oxidation sites excluding steroid dienone is 1. The van der Waals surface area contributed by atoms with Crippen LogP contribution in [0.15, 0.2) is 187 Å². The molecule has 2 heterocycles. The highest BCUT2D eigenvalue weighted by atomic mass is 28.4. The first-order valence-electron chi connectivity index (χ1n) is 23.4. The van der Waals surface area contributed by atoms with Gasteiger partial charge in [0.25, 0.3) is 8.32 Å². The average Bonchev–Trinajstić information content (AvgIpc) is 3.61. The van der Waals surface area contributed by atoms with Gasteiger partial charge in [0.1, 0.15) is 5.75 Å². The highest BCUT2D eigenvalue weighted by molar-refractivity contribution is 6.99. The third kappa shape index (κ3) is 8.96. The molecule has 0 unspecified atom stereocenters. The smallest absolute Gasteiger partial charge is 0.261 e. The fourth-order valence-corrected chi connectivity index (χ4v) is 15.1. The van der Waals surface area contributed by atoms with Crippen molar-refractivity contribution < 1.29 is 29.3 Å². The molecule has 1 saturated heterocycles. The van der Waals surface area contributed by atoms with Crippen LogP contribution in [-0.4, -0.2) is 59.8 Å². The number of anilines is 3. The lowest BCUT2D eigenvalue weighted by Gasteiger charge is -2.44. The van der Waals surface area contributed by atoms with Crippen LogP contribution in [0.2, 0.25) is 5.04 Å². The number of hydrogen-bond donors (Lipinski definition) is 4. The van der Waals surface area contributed by atoms with Gasteiger partial charge in [0.2, 0.25) is 11.8 Å². The molecule has 1 aromatic heterocycles. The van der Waals surface area contributed by atoms with Gasteiger partial charge in [-0.05, 0) is 123 Å². The second-order valence-electron chi connectivity index (χ2n) is 18.8. The van der Waals surface area contributed by atoms with E-state index in [-0.39, 0.29) is 36.1 Å². The molecule has 2 amide bonds. The second-order valence-corrected chi connectivity index (χ2v) is 23.2. The molecule has 68 heavy (non-hydrogen) atoms. The first-order valence-corrected chi connectivity index (χ1v) is 25.3. The standard InChI is InChI=1S/C58H57N3O6Si/c1-58(2,3)68(45-19-9-5-10-20-45,46-21-11-6-12-22-46)67-38-41-36-49-55(57(66)61(56(49)65)44-30-28-43(29-31-44)60-42-17-7-4-8-18-42)50(37-62)54(41)53(64)33-27-40(51-25-15-16-34-59-51)35-39-26-32-52(63)48-24-14-13-23-47(39)48/h4-26,28-32,34-35,49-50,53,55,60,62-64H,27,33,36-38H2,1-3H3/b40-35-/t49-,50+,53-,55-/m1/s1. The van der Waals surface area contributed by atoms with E-state index in [1.54, 1.807) is 24.4 Å². The van der Waals surface area contributed by atoms with Crippen molar-refractivity contribution in [2.24, 2.45) is 17.8 Å². The summed E-state index contributed by atoms with van der Waals surface area (Å²) in [4.78, 5) is 35.5. The highest BCUT2D eigenvalue weighted by Crippen LogP contribution is 2.48. The van der Waals surface area contributed by atoms with Crippen LogP contribution in [0.4, 0.5) is 17.1 Å². The van der Waals surface area contributed by atoms with Gasteiger partial charge in [-0.2, -0.15) is 0 Å². The maximum absolute atomic E-state index is 14.8. The van der Waals surface area contributed by atoms with E-state index in [0.717, 1.165) is 54.9 Å². The molecule has 0 bridgehead atoms. The summed E-state index contributed by atoms with van der Waals surface area (Å²) in [7, 11) is -3.13. The normalized spacial score (nSPS) is 18.2. The Balaban J connectivity index is 1.10. The maximum atomic E-state index is 14.8. The predicted molar refractivity (Wildman–Crippen MR) is 274 cm³/mol. The third-order valence-corrected chi connectivity index (χ3v) is 18.7. The van der Waals surface area contributed by atoms with Crippen LogP contribution >= 0.6 is 0 Å². The minimum atomic E-state index is -3.13. The van der Waals surface area contributed by atoms with Gasteiger partial charge in [-0.3, -0.25) is 19.5 Å². The van der Waals surface area contributed by atoms with E-state index in [1.165, 1.54) is 4.90 Å². The lowest BCUT2D eigenvalue weighted by atomic mass is 9.68. The molecule has 0 radical (unpaired) electrons. The number of imide groups is 1. The Labute approximate surface area is 399 Å². The number of aliphatic hydroxyl groups is 2. The van der Waals surface area contributed by atoms with Crippen LogP contribution in [0.5, 0.6) is 5.75 Å². The third-order valence-electron chi connectivity index (χ3n) is 13.8. The van der Waals surface area contributed by atoms with E-state index in [9.17, 15) is 24.9 Å². The van der Waals surface area contributed by atoms with Gasteiger partial charge in [0, 0.05) is 28.9 Å². The van der Waals surface area contributed by atoms with Gasteiger partial charge in [0.05, 0.1) is 42.5 Å². The number of aromatic nitrogens is 1. The summed E-state index contributed by atoms with van der Waals surface area (Å²) >= 11 is 0. The number of nitrogens with one attached hydrogen (secondary N) is 1. The summed E-state index contributed by atoms with van der Waals surface area (Å²) in [6.45, 7) is 6.25. The number of fused-ring (bicyclic) bond motifs is 2. The van der Waals surface area contributed by atoms with Crippen LogP contribution in [0.1, 0.15) is 51.3 Å². The van der Waals surface area contributed by atoms with Gasteiger partial charge in [-0.1, -0.05) is 136 Å². The first-order chi connectivity index (χ1) is 33.0. The quantitative estimate of drug-likeness (QED) is 0.0454. The maximum Gasteiger partial charge on any atom is 0.261 e. The van der Waals surface area contributed by atoms with E-state index >= 15 is 0 Å². The van der Waals surface area contributed by atoms with Gasteiger partial charge in [0.15, 0.2) is 0 Å². The van der Waals surface area contributed by atoms with E-state index < -0.39 is 44.7 Å². The SMILES string of the molecule is CC(C)(C)[Si](OCC1=C([C@H](O)CC/C(=C/c2ccc(O)c3ccccc23)c2ccccn2)[C@H](CO)[C@@H]2C(=O)N(c3ccc(Nc4ccccc4)cc3)C(=O)[C@@H]2C1)(c1ccccc1)c1ccccc1. The number of phenolic OH excluding ortho intramolecular Hbond substituents is 1. The zero-order valence-corrected chi connectivity index (χ0v) is 39.6. The van der Waals surface area contributed by atoms with Crippen LogP contribution in [0.3, 0.4) is 0 Å². The number of aromatic hydroxyl groups is 1. The molecule has 2 aliphatic rings. The van der Waals surface area contributed by atoms with Crippen LogP contribution in [0, 0.1) is 17.8 Å². The molecule has 6 aromatic carbocycles. The van der Waals surface area contributed by atoms with Crippen LogP contribution < -0.4 is 20.6 Å². The van der Waals surface area contributed by atoms with E-state index in [0.29, 0.717) is 17.7 Å². The number of nitrogens with zero attached hydrogens (tertiary/aromatic N) is 2. The molecule has 1 aliphatic heterocycles. The van der Waals surface area contributed by atoms with Crippen molar-refractivity contribution in [3.05, 3.63) is 198 Å². The van der Waals surface area contributed by atoms with Gasteiger partial charge < -0.3 is 25.1 Å². The molecule has 0 spiro atoms. The Morgan fingerprint density at radius 3 is 1.99 bits per heavy atom. The predicted octanol–water partition coefficient (Wildman–Crippen LogP) is 10.1. The first kappa shape index (κ1) is 46.2. The lowest BCUT2D eigenvalue weighted by molar-refractivity contribution is -0.123.